The lowest BCUT2D eigenvalue weighted by molar-refractivity contribution is -0.144. The number of ether oxygens (including phenoxy) is 3. The number of hydrogen-bond acceptors (Lipinski definition) is 4. The quantitative estimate of drug-likeness (QED) is 0.640. The van der Waals surface area contributed by atoms with Crippen LogP contribution >= 0.6 is 0 Å². The highest BCUT2D eigenvalue weighted by Gasteiger charge is 2.59. The molecule has 4 nitrogen and oxygen atoms in total. The molecule has 1 heterocycles. The van der Waals surface area contributed by atoms with E-state index in [-0.39, 0.29) is 5.97 Å². The van der Waals surface area contributed by atoms with Gasteiger partial charge in [0.15, 0.2) is 6.10 Å². The molecule has 0 N–H and O–H groups in total. The van der Waals surface area contributed by atoms with E-state index < -0.39 is 11.7 Å². The molecule has 2 atom stereocenters. The predicted octanol–water partition coefficient (Wildman–Crippen LogP) is 3.03. The Bertz CT molecular complexity index is 694. The number of esters is 1. The zero-order valence-corrected chi connectivity index (χ0v) is 12.4. The van der Waals surface area contributed by atoms with Crippen molar-refractivity contribution in [3.63, 3.8) is 0 Å². The van der Waals surface area contributed by atoms with Crippen molar-refractivity contribution < 1.29 is 19.0 Å². The van der Waals surface area contributed by atoms with Gasteiger partial charge in [0.2, 0.25) is 0 Å². The number of benzene rings is 2. The van der Waals surface area contributed by atoms with Gasteiger partial charge in [-0.2, -0.15) is 0 Å². The first kappa shape index (κ1) is 13.9. The van der Waals surface area contributed by atoms with Crippen LogP contribution < -0.4 is 4.74 Å². The third-order valence-electron chi connectivity index (χ3n) is 3.93. The average molecular weight is 286 g/mol. The monoisotopic (exact) mass is 286 g/mol. The summed E-state index contributed by atoms with van der Waals surface area (Å²) in [7, 11) is 1.65. The van der Waals surface area contributed by atoms with Gasteiger partial charge in [-0.25, -0.2) is 4.79 Å². The van der Waals surface area contributed by atoms with Crippen LogP contribution in [0.4, 0.5) is 0 Å². The van der Waals surface area contributed by atoms with Crippen LogP contribution in [0.5, 0.6) is 5.75 Å². The Morgan fingerprint density at radius 1 is 1.24 bits per heavy atom. The summed E-state index contributed by atoms with van der Waals surface area (Å²) in [6, 6.07) is 12.0. The highest BCUT2D eigenvalue weighted by atomic mass is 16.7. The smallest absolute Gasteiger partial charge is 0.338 e. The van der Waals surface area contributed by atoms with E-state index in [9.17, 15) is 4.79 Å². The van der Waals surface area contributed by atoms with Crippen molar-refractivity contribution in [2.45, 2.75) is 25.6 Å². The number of fused-ring (bicyclic) bond motifs is 1. The van der Waals surface area contributed by atoms with Crippen molar-refractivity contribution in [1.29, 1.82) is 0 Å². The largest absolute Gasteiger partial charge is 0.497 e. The van der Waals surface area contributed by atoms with Crippen molar-refractivity contribution >= 4 is 16.7 Å². The molecule has 2 aromatic carbocycles. The normalized spacial score (nSPS) is 23.9. The molecule has 21 heavy (non-hydrogen) atoms. The number of methoxy groups -OCH3 is 1. The second-order valence-corrected chi connectivity index (χ2v) is 5.28. The Balaban J connectivity index is 1.90. The first-order valence-corrected chi connectivity index (χ1v) is 7.01. The van der Waals surface area contributed by atoms with Gasteiger partial charge in [0.05, 0.1) is 13.7 Å². The van der Waals surface area contributed by atoms with Gasteiger partial charge in [-0.05, 0) is 48.4 Å². The Hall–Kier alpha value is -2.07. The molecule has 0 radical (unpaired) electrons. The summed E-state index contributed by atoms with van der Waals surface area (Å²) in [6.07, 6.45) is -0.506. The van der Waals surface area contributed by atoms with Crippen LogP contribution in [-0.4, -0.2) is 25.8 Å². The molecule has 0 aliphatic carbocycles. The van der Waals surface area contributed by atoms with E-state index in [0.29, 0.717) is 6.61 Å². The fraction of sp³-hybridized carbons (Fsp3) is 0.353. The SMILES string of the molecule is CCOC(=O)[C@H]1O[C@@]1(C)c1ccc2cc(OC)ccc2c1. The minimum absolute atomic E-state index is 0.296. The van der Waals surface area contributed by atoms with Gasteiger partial charge in [-0.1, -0.05) is 18.2 Å². The summed E-state index contributed by atoms with van der Waals surface area (Å²) >= 11 is 0. The van der Waals surface area contributed by atoms with Gasteiger partial charge in [0, 0.05) is 0 Å². The molecular formula is C17H18O4. The lowest BCUT2D eigenvalue weighted by atomic mass is 9.95. The van der Waals surface area contributed by atoms with Crippen LogP contribution in [0.3, 0.4) is 0 Å². The second kappa shape index (κ2) is 5.04. The van der Waals surface area contributed by atoms with E-state index in [4.69, 9.17) is 14.2 Å². The molecular weight excluding hydrogens is 268 g/mol. The third kappa shape index (κ3) is 2.36. The molecule has 0 saturated carbocycles. The topological polar surface area (TPSA) is 48.1 Å². The maximum absolute atomic E-state index is 11.8. The van der Waals surface area contributed by atoms with Gasteiger partial charge in [-0.3, -0.25) is 0 Å². The zero-order valence-electron chi connectivity index (χ0n) is 12.4. The summed E-state index contributed by atoms with van der Waals surface area (Å²) < 4.78 is 15.8. The van der Waals surface area contributed by atoms with Crippen molar-refractivity contribution in [1.82, 2.24) is 0 Å². The van der Waals surface area contributed by atoms with Crippen LogP contribution in [0.1, 0.15) is 19.4 Å². The number of carbonyl (C=O) groups is 1. The van der Waals surface area contributed by atoms with Gasteiger partial charge in [0.25, 0.3) is 0 Å². The van der Waals surface area contributed by atoms with Gasteiger partial charge < -0.3 is 14.2 Å². The van der Waals surface area contributed by atoms with E-state index in [1.165, 1.54) is 0 Å². The predicted molar refractivity (Wildman–Crippen MR) is 79.4 cm³/mol. The molecule has 2 aromatic rings. The first-order chi connectivity index (χ1) is 10.1. The highest BCUT2D eigenvalue weighted by molar-refractivity contribution is 5.86. The lowest BCUT2D eigenvalue weighted by Crippen LogP contribution is -2.18. The molecule has 3 rings (SSSR count). The standard InChI is InChI=1S/C17H18O4/c1-4-20-16(18)15-17(2,21-15)13-7-5-12-10-14(19-3)8-6-11(12)9-13/h5-10,15H,4H2,1-3H3/t15-,17+/m1/s1. The van der Waals surface area contributed by atoms with Gasteiger partial charge >= 0.3 is 5.97 Å². The van der Waals surface area contributed by atoms with Crippen molar-refractivity contribution in [3.05, 3.63) is 42.0 Å². The van der Waals surface area contributed by atoms with E-state index in [0.717, 1.165) is 22.1 Å². The minimum Gasteiger partial charge on any atom is -0.497 e. The molecule has 0 aromatic heterocycles. The van der Waals surface area contributed by atoms with Crippen molar-refractivity contribution in [2.24, 2.45) is 0 Å². The third-order valence-corrected chi connectivity index (χ3v) is 3.93. The molecule has 0 bridgehead atoms. The summed E-state index contributed by atoms with van der Waals surface area (Å²) in [6.45, 7) is 4.08. The number of epoxide rings is 1. The average Bonchev–Trinajstić information content (AvgIpc) is 3.20. The van der Waals surface area contributed by atoms with Gasteiger partial charge in [-0.15, -0.1) is 0 Å². The van der Waals surface area contributed by atoms with E-state index >= 15 is 0 Å². The van der Waals surface area contributed by atoms with Crippen LogP contribution in [0.25, 0.3) is 10.8 Å². The molecule has 1 aliphatic rings. The Morgan fingerprint density at radius 2 is 1.95 bits per heavy atom. The molecule has 4 heteroatoms. The summed E-state index contributed by atoms with van der Waals surface area (Å²) in [4.78, 5) is 11.8. The van der Waals surface area contributed by atoms with E-state index in [1.54, 1.807) is 14.0 Å². The second-order valence-electron chi connectivity index (χ2n) is 5.28. The number of carbonyl (C=O) groups excluding carboxylic acids is 1. The Labute approximate surface area is 123 Å². The van der Waals surface area contributed by atoms with Crippen LogP contribution in [-0.2, 0) is 19.9 Å². The maximum atomic E-state index is 11.8. The molecule has 1 aliphatic heterocycles. The fourth-order valence-electron chi connectivity index (χ4n) is 2.58. The van der Waals surface area contributed by atoms with E-state index in [1.807, 2.05) is 43.3 Å². The molecule has 0 spiro atoms. The summed E-state index contributed by atoms with van der Waals surface area (Å²) in [5, 5.41) is 2.18. The summed E-state index contributed by atoms with van der Waals surface area (Å²) in [5.74, 6) is 0.531. The molecule has 0 amide bonds. The van der Waals surface area contributed by atoms with Crippen LogP contribution in [0, 0.1) is 0 Å². The van der Waals surface area contributed by atoms with Crippen LogP contribution in [0.2, 0.25) is 0 Å². The highest BCUT2D eigenvalue weighted by Crippen LogP contribution is 2.47. The Morgan fingerprint density at radius 3 is 2.67 bits per heavy atom. The minimum atomic E-state index is -0.583. The Kier molecular flexibility index (Phi) is 3.33. The fourth-order valence-corrected chi connectivity index (χ4v) is 2.58. The molecule has 1 saturated heterocycles. The van der Waals surface area contributed by atoms with E-state index in [2.05, 4.69) is 0 Å². The molecule has 1 fully saturated rings. The van der Waals surface area contributed by atoms with Crippen molar-refractivity contribution in [3.8, 4) is 5.75 Å². The summed E-state index contributed by atoms with van der Waals surface area (Å²) in [5.41, 5.74) is 0.401. The zero-order chi connectivity index (χ0) is 15.0. The van der Waals surface area contributed by atoms with Gasteiger partial charge in [0.1, 0.15) is 11.4 Å². The molecule has 110 valence electrons. The molecule has 0 unspecified atom stereocenters. The first-order valence-electron chi connectivity index (χ1n) is 7.01. The van der Waals surface area contributed by atoms with Crippen LogP contribution in [0.15, 0.2) is 36.4 Å². The lowest BCUT2D eigenvalue weighted by Gasteiger charge is -2.09. The maximum Gasteiger partial charge on any atom is 0.338 e. The number of rotatable bonds is 4. The van der Waals surface area contributed by atoms with Crippen molar-refractivity contribution in [2.75, 3.05) is 13.7 Å². The number of hydrogen-bond donors (Lipinski definition) is 0.